The van der Waals surface area contributed by atoms with Gasteiger partial charge >= 0.3 is 11.0 Å². The van der Waals surface area contributed by atoms with E-state index in [1.165, 1.54) is 0 Å². The van der Waals surface area contributed by atoms with Crippen LogP contribution in [-0.2, 0) is 19.7 Å². The zero-order chi connectivity index (χ0) is 16.8. The first kappa shape index (κ1) is 19.5. The largest absolute Gasteiger partial charge is 0.498 e. The molecular formula is C8H12F6O4S2. The molecule has 0 aliphatic rings. The molecule has 0 aliphatic heterocycles. The van der Waals surface area contributed by atoms with Gasteiger partial charge in [-0.15, -0.1) is 0 Å². The van der Waals surface area contributed by atoms with E-state index in [0.29, 0.717) is 13.8 Å². The van der Waals surface area contributed by atoms with Crippen LogP contribution in [0.25, 0.3) is 0 Å². The van der Waals surface area contributed by atoms with Crippen molar-refractivity contribution in [3.05, 3.63) is 0 Å². The predicted octanol–water partition coefficient (Wildman–Crippen LogP) is 2.62. The summed E-state index contributed by atoms with van der Waals surface area (Å²) < 4.78 is 116. The van der Waals surface area contributed by atoms with Gasteiger partial charge in [0.05, 0.1) is 0 Å². The molecule has 0 saturated heterocycles. The zero-order valence-corrected chi connectivity index (χ0v) is 12.1. The topological polar surface area (TPSA) is 68.3 Å². The Labute approximate surface area is 112 Å². The first-order chi connectivity index (χ1) is 8.43. The van der Waals surface area contributed by atoms with Crippen molar-refractivity contribution in [2.75, 3.05) is 0 Å². The lowest BCUT2D eigenvalue weighted by molar-refractivity contribution is -0.0489. The summed E-state index contributed by atoms with van der Waals surface area (Å²) in [5, 5.41) is 0. The maximum atomic E-state index is 12.4. The highest BCUT2D eigenvalue weighted by Gasteiger charge is 2.66. The van der Waals surface area contributed by atoms with Crippen LogP contribution in [0.5, 0.6) is 0 Å². The minimum atomic E-state index is -6.56. The van der Waals surface area contributed by atoms with Gasteiger partial charge in [0, 0.05) is 0 Å². The monoisotopic (exact) mass is 350 g/mol. The van der Waals surface area contributed by atoms with E-state index in [2.05, 4.69) is 0 Å². The third-order valence-corrected chi connectivity index (χ3v) is 7.97. The third-order valence-electron chi connectivity index (χ3n) is 2.76. The van der Waals surface area contributed by atoms with Crippen LogP contribution in [0.4, 0.5) is 26.3 Å². The van der Waals surface area contributed by atoms with Crippen LogP contribution >= 0.6 is 0 Å². The number of hydrogen-bond acceptors (Lipinski definition) is 4. The molecule has 122 valence electrons. The first-order valence-electron chi connectivity index (χ1n) is 5.03. The smallest absolute Gasteiger partial charge is 0.218 e. The molecule has 0 amide bonds. The summed E-state index contributed by atoms with van der Waals surface area (Å²) in [6.07, 6.45) is -0.526. The number of hydrogen-bond donors (Lipinski definition) is 0. The van der Waals surface area contributed by atoms with E-state index in [4.69, 9.17) is 0 Å². The lowest BCUT2D eigenvalue weighted by Gasteiger charge is -2.33. The highest BCUT2D eigenvalue weighted by atomic mass is 32.3. The average molecular weight is 350 g/mol. The van der Waals surface area contributed by atoms with E-state index in [1.54, 1.807) is 0 Å². The average Bonchev–Trinajstić information content (AvgIpc) is 2.12. The normalized spacial score (nSPS) is 15.7. The van der Waals surface area contributed by atoms with E-state index in [9.17, 15) is 43.2 Å². The number of rotatable bonds is 4. The van der Waals surface area contributed by atoms with E-state index in [-0.39, 0.29) is 0 Å². The van der Waals surface area contributed by atoms with Gasteiger partial charge in [-0.1, -0.05) is 20.8 Å². The van der Waals surface area contributed by atoms with E-state index in [0.717, 1.165) is 6.92 Å². The standard InChI is InChI=1S/C8H12F6O4S2/c1-4-6(2,3)5(19(15,16)7(9,10)11)20(17,18)8(12,13)14/h5H,4H2,1-3H3. The van der Waals surface area contributed by atoms with Gasteiger partial charge in [-0.2, -0.15) is 26.3 Å². The van der Waals surface area contributed by atoms with Crippen molar-refractivity contribution in [3.8, 4) is 0 Å². The molecule has 0 fully saturated rings. The minimum Gasteiger partial charge on any atom is -0.218 e. The molecule has 20 heavy (non-hydrogen) atoms. The lowest BCUT2D eigenvalue weighted by atomic mass is 9.93. The Balaban J connectivity index is 6.51. The molecule has 0 bridgehead atoms. The zero-order valence-electron chi connectivity index (χ0n) is 10.5. The third kappa shape index (κ3) is 3.21. The Morgan fingerprint density at radius 1 is 0.800 bits per heavy atom. The molecule has 0 aliphatic carbocycles. The molecule has 0 heterocycles. The molecule has 0 rings (SSSR count). The molecule has 0 atom stereocenters. The molecule has 4 nitrogen and oxygen atoms in total. The van der Waals surface area contributed by atoms with Crippen LogP contribution in [0.15, 0.2) is 0 Å². The van der Waals surface area contributed by atoms with E-state index >= 15 is 0 Å². The maximum Gasteiger partial charge on any atom is 0.498 e. The summed E-state index contributed by atoms with van der Waals surface area (Å²) in [5.74, 6) is 0. The Morgan fingerprint density at radius 3 is 1.20 bits per heavy atom. The van der Waals surface area contributed by atoms with Gasteiger partial charge in [-0.25, -0.2) is 16.8 Å². The van der Waals surface area contributed by atoms with Crippen molar-refractivity contribution in [2.45, 2.75) is 42.8 Å². The van der Waals surface area contributed by atoms with Gasteiger partial charge in [-0.05, 0) is 11.8 Å². The number of sulfone groups is 2. The minimum absolute atomic E-state index is 0.526. The number of alkyl halides is 6. The fourth-order valence-corrected chi connectivity index (χ4v) is 5.90. The molecule has 0 saturated carbocycles. The summed E-state index contributed by atoms with van der Waals surface area (Å²) in [6.45, 7) is 2.51. The van der Waals surface area contributed by atoms with Crippen molar-refractivity contribution in [1.29, 1.82) is 0 Å². The first-order valence-corrected chi connectivity index (χ1v) is 8.12. The van der Waals surface area contributed by atoms with Crippen molar-refractivity contribution in [2.24, 2.45) is 5.41 Å². The summed E-state index contributed by atoms with van der Waals surface area (Å²) in [4.78, 5) is 0. The second-order valence-corrected chi connectivity index (χ2v) is 9.00. The van der Waals surface area contributed by atoms with Gasteiger partial charge in [0.2, 0.25) is 0 Å². The number of halogens is 6. The Bertz CT molecular complexity index is 511. The van der Waals surface area contributed by atoms with Gasteiger partial charge in [0.25, 0.3) is 19.7 Å². The maximum absolute atomic E-state index is 12.4. The van der Waals surface area contributed by atoms with Crippen molar-refractivity contribution < 1.29 is 43.2 Å². The second kappa shape index (κ2) is 5.04. The fraction of sp³-hybridized carbons (Fsp3) is 1.00. The molecule has 0 unspecified atom stereocenters. The van der Waals surface area contributed by atoms with Crippen LogP contribution in [0.1, 0.15) is 27.2 Å². The Morgan fingerprint density at radius 2 is 1.05 bits per heavy atom. The summed E-state index contributed by atoms with van der Waals surface area (Å²) in [5.41, 5.74) is -14.5. The van der Waals surface area contributed by atoms with Crippen molar-refractivity contribution >= 4 is 19.7 Å². The van der Waals surface area contributed by atoms with Crippen LogP contribution in [0, 0.1) is 5.41 Å². The summed E-state index contributed by atoms with van der Waals surface area (Å²) >= 11 is 0. The molecule has 0 aromatic carbocycles. The quantitative estimate of drug-likeness (QED) is 0.731. The molecule has 0 aromatic heterocycles. The van der Waals surface area contributed by atoms with E-state index < -0.39 is 47.1 Å². The highest BCUT2D eigenvalue weighted by molar-refractivity contribution is 8.09. The van der Waals surface area contributed by atoms with Gasteiger partial charge in [0.15, 0.2) is 4.58 Å². The SMILES string of the molecule is CCC(C)(C)C(S(=O)(=O)C(F)(F)F)S(=O)(=O)C(F)(F)F. The van der Waals surface area contributed by atoms with Crippen LogP contribution in [0.2, 0.25) is 0 Å². The second-order valence-electron chi connectivity index (χ2n) is 4.66. The molecule has 0 spiro atoms. The molecule has 0 aromatic rings. The Kier molecular flexibility index (Phi) is 4.91. The lowest BCUT2D eigenvalue weighted by Crippen LogP contribution is -2.52. The summed E-state index contributed by atoms with van der Waals surface area (Å²) in [6, 6.07) is 0. The van der Waals surface area contributed by atoms with Crippen LogP contribution in [0.3, 0.4) is 0 Å². The van der Waals surface area contributed by atoms with Gasteiger partial charge in [0.1, 0.15) is 0 Å². The van der Waals surface area contributed by atoms with Gasteiger partial charge < -0.3 is 0 Å². The van der Waals surface area contributed by atoms with Crippen molar-refractivity contribution in [3.63, 3.8) is 0 Å². The van der Waals surface area contributed by atoms with E-state index in [1.807, 2.05) is 0 Å². The predicted molar refractivity (Wildman–Crippen MR) is 57.8 cm³/mol. The van der Waals surface area contributed by atoms with Crippen molar-refractivity contribution in [1.82, 2.24) is 0 Å². The molecule has 0 N–H and O–H groups in total. The molecule has 0 radical (unpaired) electrons. The highest BCUT2D eigenvalue weighted by Crippen LogP contribution is 2.45. The molecular weight excluding hydrogens is 338 g/mol. The molecule has 12 heteroatoms. The van der Waals surface area contributed by atoms with Gasteiger partial charge in [-0.3, -0.25) is 0 Å². The Hall–Kier alpha value is -0.520. The fourth-order valence-electron chi connectivity index (χ4n) is 1.42. The van der Waals surface area contributed by atoms with Crippen LogP contribution < -0.4 is 0 Å². The summed E-state index contributed by atoms with van der Waals surface area (Å²) in [7, 11) is -13.1. The van der Waals surface area contributed by atoms with Crippen LogP contribution in [-0.4, -0.2) is 32.4 Å².